The normalized spacial score (nSPS) is 10.5. The minimum atomic E-state index is -0.659. The zero-order chi connectivity index (χ0) is 18.5. The highest BCUT2D eigenvalue weighted by Crippen LogP contribution is 2.24. The Bertz CT molecular complexity index is 917. The third-order valence-electron chi connectivity index (χ3n) is 3.82. The van der Waals surface area contributed by atoms with Crippen molar-refractivity contribution >= 4 is 23.1 Å². The van der Waals surface area contributed by atoms with E-state index in [0.717, 1.165) is 12.0 Å². The highest BCUT2D eigenvalue weighted by atomic mass is 32.1. The van der Waals surface area contributed by atoms with Gasteiger partial charge in [0.2, 0.25) is 0 Å². The van der Waals surface area contributed by atoms with Crippen LogP contribution in [-0.2, 0) is 11.2 Å². The number of carbonyl (C=O) groups is 2. The molecule has 0 aliphatic rings. The van der Waals surface area contributed by atoms with Gasteiger partial charge in [-0.05, 0) is 36.2 Å². The molecule has 4 nitrogen and oxygen atoms in total. The van der Waals surface area contributed by atoms with E-state index in [4.69, 9.17) is 4.74 Å². The molecular formula is C20H16FNO3S. The lowest BCUT2D eigenvalue weighted by molar-refractivity contribution is 0.0470. The quantitative estimate of drug-likeness (QED) is 0.472. The summed E-state index contributed by atoms with van der Waals surface area (Å²) in [7, 11) is 0. The van der Waals surface area contributed by atoms with E-state index in [1.54, 1.807) is 29.6 Å². The van der Waals surface area contributed by atoms with Gasteiger partial charge >= 0.3 is 5.97 Å². The van der Waals surface area contributed by atoms with E-state index in [2.05, 4.69) is 4.98 Å². The molecular weight excluding hydrogens is 353 g/mol. The number of aryl methyl sites for hydroxylation is 1. The number of benzene rings is 2. The van der Waals surface area contributed by atoms with Crippen LogP contribution in [0.2, 0.25) is 0 Å². The van der Waals surface area contributed by atoms with Crippen molar-refractivity contribution in [3.05, 3.63) is 76.5 Å². The van der Waals surface area contributed by atoms with E-state index < -0.39 is 5.97 Å². The summed E-state index contributed by atoms with van der Waals surface area (Å²) in [5.41, 5.74) is 2.47. The summed E-state index contributed by atoms with van der Waals surface area (Å²) < 4.78 is 18.0. The van der Waals surface area contributed by atoms with Crippen molar-refractivity contribution in [1.29, 1.82) is 0 Å². The minimum absolute atomic E-state index is 0.128. The first-order valence-corrected chi connectivity index (χ1v) is 8.95. The molecule has 1 aromatic heterocycles. The zero-order valence-corrected chi connectivity index (χ0v) is 14.9. The van der Waals surface area contributed by atoms with Crippen molar-refractivity contribution in [1.82, 2.24) is 4.98 Å². The van der Waals surface area contributed by atoms with Crippen LogP contribution in [0, 0.1) is 5.82 Å². The second kappa shape index (κ2) is 8.01. The van der Waals surface area contributed by atoms with Crippen LogP contribution in [0.25, 0.3) is 10.6 Å². The fourth-order valence-corrected chi connectivity index (χ4v) is 3.10. The molecule has 1 heterocycles. The van der Waals surface area contributed by atoms with Crippen LogP contribution in [0.3, 0.4) is 0 Å². The number of aromatic nitrogens is 1. The molecule has 0 bridgehead atoms. The Hall–Kier alpha value is -2.86. The van der Waals surface area contributed by atoms with Crippen molar-refractivity contribution in [3.8, 4) is 10.6 Å². The van der Waals surface area contributed by atoms with Crippen molar-refractivity contribution in [2.75, 3.05) is 6.61 Å². The SMILES string of the molecule is CCc1ccc(C(=O)COC(=O)c2csc(-c3ccc(F)cc3)n2)cc1. The first-order valence-electron chi connectivity index (χ1n) is 8.07. The van der Waals surface area contributed by atoms with Crippen molar-refractivity contribution < 1.29 is 18.7 Å². The van der Waals surface area contributed by atoms with Gasteiger partial charge in [0.05, 0.1) is 0 Å². The lowest BCUT2D eigenvalue weighted by Crippen LogP contribution is -2.14. The number of ketones is 1. The summed E-state index contributed by atoms with van der Waals surface area (Å²) in [5.74, 6) is -1.27. The maximum atomic E-state index is 13.0. The summed E-state index contributed by atoms with van der Waals surface area (Å²) >= 11 is 1.25. The maximum absolute atomic E-state index is 13.0. The summed E-state index contributed by atoms with van der Waals surface area (Å²) in [6.07, 6.45) is 0.893. The molecule has 0 fully saturated rings. The van der Waals surface area contributed by atoms with Crippen LogP contribution in [0.15, 0.2) is 53.9 Å². The van der Waals surface area contributed by atoms with E-state index in [1.807, 2.05) is 19.1 Å². The van der Waals surface area contributed by atoms with Crippen LogP contribution in [0.4, 0.5) is 4.39 Å². The number of esters is 1. The molecule has 6 heteroatoms. The molecule has 0 spiro atoms. The van der Waals surface area contributed by atoms with Crippen LogP contribution in [-0.4, -0.2) is 23.3 Å². The van der Waals surface area contributed by atoms with Gasteiger partial charge in [0.15, 0.2) is 18.1 Å². The van der Waals surface area contributed by atoms with Crippen LogP contribution >= 0.6 is 11.3 Å². The number of thiazole rings is 1. The predicted octanol–water partition coefficient (Wildman–Crippen LogP) is 4.55. The minimum Gasteiger partial charge on any atom is -0.453 e. The van der Waals surface area contributed by atoms with Crippen molar-refractivity contribution in [3.63, 3.8) is 0 Å². The smallest absolute Gasteiger partial charge is 0.358 e. The molecule has 0 saturated heterocycles. The fraction of sp³-hybridized carbons (Fsp3) is 0.150. The third-order valence-corrected chi connectivity index (χ3v) is 4.71. The molecule has 0 unspecified atom stereocenters. The average molecular weight is 369 g/mol. The number of rotatable bonds is 6. The molecule has 3 rings (SSSR count). The standard InChI is InChI=1S/C20H16FNO3S/c1-2-13-3-5-14(6-4-13)18(23)11-25-20(24)17-12-26-19(22-17)15-7-9-16(21)10-8-15/h3-10,12H,2,11H2,1H3. The predicted molar refractivity (Wildman–Crippen MR) is 97.9 cm³/mol. The first-order chi connectivity index (χ1) is 12.6. The molecule has 0 radical (unpaired) electrons. The van der Waals surface area contributed by atoms with Crippen LogP contribution in [0.5, 0.6) is 0 Å². The van der Waals surface area contributed by atoms with Gasteiger partial charge in [-0.15, -0.1) is 11.3 Å². The Labute approximate surface area is 154 Å². The molecule has 0 amide bonds. The average Bonchev–Trinajstić information content (AvgIpc) is 3.16. The Kier molecular flexibility index (Phi) is 5.53. The van der Waals surface area contributed by atoms with Gasteiger partial charge in [-0.25, -0.2) is 14.2 Å². The second-order valence-corrected chi connectivity index (χ2v) is 6.45. The first kappa shape index (κ1) is 17.9. The molecule has 2 aromatic carbocycles. The number of halogens is 1. The number of nitrogens with zero attached hydrogens (tertiary/aromatic N) is 1. The van der Waals surface area contributed by atoms with Crippen LogP contribution in [0.1, 0.15) is 33.3 Å². The summed E-state index contributed by atoms with van der Waals surface area (Å²) in [5, 5.41) is 2.14. The number of hydrogen-bond donors (Lipinski definition) is 0. The number of carbonyl (C=O) groups excluding carboxylic acids is 2. The number of hydrogen-bond acceptors (Lipinski definition) is 5. The topological polar surface area (TPSA) is 56.3 Å². The van der Waals surface area contributed by atoms with E-state index >= 15 is 0 Å². The molecule has 0 aliphatic heterocycles. The lowest BCUT2D eigenvalue weighted by atomic mass is 10.1. The summed E-state index contributed by atoms with van der Waals surface area (Å²) in [6, 6.07) is 13.1. The van der Waals surface area contributed by atoms with Gasteiger partial charge in [-0.2, -0.15) is 0 Å². The third kappa shape index (κ3) is 4.21. The number of ether oxygens (including phenoxy) is 1. The molecule has 132 valence electrons. The maximum Gasteiger partial charge on any atom is 0.358 e. The van der Waals surface area contributed by atoms with Gasteiger partial charge in [0.1, 0.15) is 10.8 Å². The molecule has 26 heavy (non-hydrogen) atoms. The molecule has 0 saturated carbocycles. The van der Waals surface area contributed by atoms with Crippen LogP contribution < -0.4 is 0 Å². The molecule has 3 aromatic rings. The summed E-state index contributed by atoms with van der Waals surface area (Å²) in [4.78, 5) is 28.4. The van der Waals surface area contributed by atoms with Gasteiger partial charge in [-0.3, -0.25) is 4.79 Å². The Morgan fingerprint density at radius 1 is 1.08 bits per heavy atom. The Morgan fingerprint density at radius 3 is 2.42 bits per heavy atom. The zero-order valence-electron chi connectivity index (χ0n) is 14.1. The van der Waals surface area contributed by atoms with Gasteiger partial charge in [0, 0.05) is 16.5 Å². The van der Waals surface area contributed by atoms with Gasteiger partial charge in [-0.1, -0.05) is 31.2 Å². The highest BCUT2D eigenvalue weighted by molar-refractivity contribution is 7.13. The number of Topliss-reactive ketones (excluding diaryl/α,β-unsaturated/α-hetero) is 1. The Balaban J connectivity index is 1.61. The molecule has 0 aliphatic carbocycles. The monoisotopic (exact) mass is 369 g/mol. The van der Waals surface area contributed by atoms with Crippen molar-refractivity contribution in [2.24, 2.45) is 0 Å². The molecule has 0 N–H and O–H groups in total. The fourth-order valence-electron chi connectivity index (χ4n) is 2.31. The van der Waals surface area contributed by atoms with E-state index in [1.165, 1.54) is 23.5 Å². The largest absolute Gasteiger partial charge is 0.453 e. The van der Waals surface area contributed by atoms with E-state index in [-0.39, 0.29) is 23.9 Å². The molecule has 0 atom stereocenters. The lowest BCUT2D eigenvalue weighted by Gasteiger charge is -2.03. The van der Waals surface area contributed by atoms with Gasteiger partial charge < -0.3 is 4.74 Å². The van der Waals surface area contributed by atoms with Gasteiger partial charge in [0.25, 0.3) is 0 Å². The second-order valence-electron chi connectivity index (χ2n) is 5.59. The summed E-state index contributed by atoms with van der Waals surface area (Å²) in [6.45, 7) is 1.69. The van der Waals surface area contributed by atoms with E-state index in [9.17, 15) is 14.0 Å². The highest BCUT2D eigenvalue weighted by Gasteiger charge is 2.15. The Morgan fingerprint density at radius 2 is 1.77 bits per heavy atom. The van der Waals surface area contributed by atoms with Crippen molar-refractivity contribution in [2.45, 2.75) is 13.3 Å². The van der Waals surface area contributed by atoms with E-state index in [0.29, 0.717) is 16.1 Å².